The van der Waals surface area contributed by atoms with Gasteiger partial charge < -0.3 is 19.4 Å². The molecule has 12 heteroatoms. The molecule has 3 aromatic heterocycles. The van der Waals surface area contributed by atoms with Gasteiger partial charge in [-0.05, 0) is 46.8 Å². The molecule has 1 aliphatic rings. The molecule has 0 unspecified atom stereocenters. The second-order valence-corrected chi connectivity index (χ2v) is 10.6. The van der Waals surface area contributed by atoms with Gasteiger partial charge >= 0.3 is 6.09 Å². The molecule has 1 aromatic carbocycles. The number of aromatic amines is 1. The second kappa shape index (κ2) is 10.2. The summed E-state index contributed by atoms with van der Waals surface area (Å²) in [4.78, 5) is 32.2. The summed E-state index contributed by atoms with van der Waals surface area (Å²) in [6, 6.07) is 4.90. The van der Waals surface area contributed by atoms with Crippen molar-refractivity contribution < 1.29 is 18.7 Å². The highest BCUT2D eigenvalue weighted by molar-refractivity contribution is 6.13. The van der Waals surface area contributed by atoms with Gasteiger partial charge in [-0.25, -0.2) is 24.2 Å². The molecule has 0 radical (unpaired) electrons. The maximum atomic E-state index is 14.5. The topological polar surface area (TPSA) is 111 Å². The molecule has 206 valence electrons. The van der Waals surface area contributed by atoms with E-state index in [0.717, 1.165) is 11.1 Å². The summed E-state index contributed by atoms with van der Waals surface area (Å²) >= 11 is 0. The van der Waals surface area contributed by atoms with Gasteiger partial charge in [0.15, 0.2) is 11.5 Å². The van der Waals surface area contributed by atoms with Gasteiger partial charge in [-0.2, -0.15) is 5.10 Å². The standard InChI is InChI=1S/C27H33FN8O3/c1-6-36(26(38)39-27(3,4)5)35-11-9-33(10-12-35)22-8-7-19(23-20(22)14-29-32-23)25(37)31-18-13-21(28)24-30-17(2)15-34(24)16-18/h7-8,13-16H,6,9-12H2,1-5H3,(H,29,32)(H,31,37). The molecule has 2 amide bonds. The van der Waals surface area contributed by atoms with Crippen LogP contribution in [0.1, 0.15) is 43.7 Å². The number of amides is 2. The molecule has 39 heavy (non-hydrogen) atoms. The Bertz CT molecular complexity index is 1530. The molecule has 0 aliphatic carbocycles. The van der Waals surface area contributed by atoms with Crippen LogP contribution >= 0.6 is 0 Å². The van der Waals surface area contributed by atoms with Crippen LogP contribution in [0.4, 0.5) is 20.6 Å². The Morgan fingerprint density at radius 1 is 1.18 bits per heavy atom. The van der Waals surface area contributed by atoms with Crippen LogP contribution in [-0.2, 0) is 4.74 Å². The Morgan fingerprint density at radius 2 is 1.92 bits per heavy atom. The molecule has 0 atom stereocenters. The van der Waals surface area contributed by atoms with E-state index in [4.69, 9.17) is 4.74 Å². The molecule has 0 saturated carbocycles. The summed E-state index contributed by atoms with van der Waals surface area (Å²) in [5.74, 6) is -0.900. The number of carbonyl (C=O) groups is 2. The SMILES string of the molecule is CCN(C(=O)OC(C)(C)C)N1CCN(c2ccc(C(=O)Nc3cc(F)c4nc(C)cn4c3)c3[nH]ncc23)CC1. The zero-order valence-corrected chi connectivity index (χ0v) is 22.8. The van der Waals surface area contributed by atoms with Gasteiger partial charge in [0.2, 0.25) is 0 Å². The number of H-pyrrole nitrogens is 1. The highest BCUT2D eigenvalue weighted by Crippen LogP contribution is 2.30. The average Bonchev–Trinajstić information content (AvgIpc) is 3.50. The lowest BCUT2D eigenvalue weighted by Gasteiger charge is -2.41. The molecule has 4 aromatic rings. The Balaban J connectivity index is 1.31. The highest BCUT2D eigenvalue weighted by Gasteiger charge is 2.29. The lowest BCUT2D eigenvalue weighted by molar-refractivity contribution is -0.0507. The van der Waals surface area contributed by atoms with E-state index in [-0.39, 0.29) is 17.6 Å². The van der Waals surface area contributed by atoms with Crippen LogP contribution in [-0.4, -0.2) is 79.9 Å². The largest absolute Gasteiger partial charge is 0.443 e. The number of anilines is 2. The number of nitrogens with one attached hydrogen (secondary N) is 2. The molecule has 4 heterocycles. The van der Waals surface area contributed by atoms with Crippen molar-refractivity contribution in [3.8, 4) is 0 Å². The Hall–Kier alpha value is -4.19. The molecular formula is C27H33FN8O3. The van der Waals surface area contributed by atoms with E-state index in [9.17, 15) is 14.0 Å². The first-order valence-electron chi connectivity index (χ1n) is 13.0. The van der Waals surface area contributed by atoms with Crippen molar-refractivity contribution in [1.82, 2.24) is 29.6 Å². The fourth-order valence-electron chi connectivity index (χ4n) is 4.87. The molecule has 2 N–H and O–H groups in total. The van der Waals surface area contributed by atoms with Gasteiger partial charge in [-0.15, -0.1) is 0 Å². The number of hydrazine groups is 1. The number of ether oxygens (including phenoxy) is 1. The first kappa shape index (κ1) is 26.4. The van der Waals surface area contributed by atoms with E-state index in [2.05, 4.69) is 25.4 Å². The van der Waals surface area contributed by atoms with Crippen molar-refractivity contribution in [2.45, 2.75) is 40.2 Å². The minimum absolute atomic E-state index is 0.207. The second-order valence-electron chi connectivity index (χ2n) is 10.6. The Kier molecular flexibility index (Phi) is 6.89. The predicted molar refractivity (Wildman–Crippen MR) is 146 cm³/mol. The van der Waals surface area contributed by atoms with Crippen LogP contribution in [0.2, 0.25) is 0 Å². The van der Waals surface area contributed by atoms with Crippen LogP contribution in [0.5, 0.6) is 0 Å². The maximum absolute atomic E-state index is 14.5. The number of hydrogen-bond donors (Lipinski definition) is 2. The van der Waals surface area contributed by atoms with Crippen molar-refractivity contribution in [3.05, 3.63) is 53.9 Å². The van der Waals surface area contributed by atoms with E-state index in [0.29, 0.717) is 55.2 Å². The zero-order chi connectivity index (χ0) is 27.9. The van der Waals surface area contributed by atoms with E-state index in [1.54, 1.807) is 41.0 Å². The molecule has 5 rings (SSSR count). The number of benzene rings is 1. The Labute approximate surface area is 225 Å². The number of carbonyl (C=O) groups excluding carboxylic acids is 2. The number of fused-ring (bicyclic) bond motifs is 2. The summed E-state index contributed by atoms with van der Waals surface area (Å²) in [6.45, 7) is 12.4. The number of aromatic nitrogens is 4. The van der Waals surface area contributed by atoms with E-state index in [1.165, 1.54) is 6.07 Å². The van der Waals surface area contributed by atoms with Crippen molar-refractivity contribution in [2.24, 2.45) is 0 Å². The fourth-order valence-corrected chi connectivity index (χ4v) is 4.87. The first-order valence-corrected chi connectivity index (χ1v) is 13.0. The molecule has 1 saturated heterocycles. The molecule has 0 spiro atoms. The Morgan fingerprint density at radius 3 is 2.62 bits per heavy atom. The summed E-state index contributed by atoms with van der Waals surface area (Å²) in [7, 11) is 0. The van der Waals surface area contributed by atoms with E-state index in [1.807, 2.05) is 38.8 Å². The third-order valence-corrected chi connectivity index (χ3v) is 6.56. The smallest absolute Gasteiger partial charge is 0.424 e. The number of hydrogen-bond acceptors (Lipinski definition) is 7. The van der Waals surface area contributed by atoms with E-state index >= 15 is 0 Å². The monoisotopic (exact) mass is 536 g/mol. The first-order chi connectivity index (χ1) is 18.5. The summed E-state index contributed by atoms with van der Waals surface area (Å²) in [5.41, 5.74) is 2.58. The lowest BCUT2D eigenvalue weighted by Crippen LogP contribution is -2.56. The molecule has 1 aliphatic heterocycles. The molecule has 1 fully saturated rings. The summed E-state index contributed by atoms with van der Waals surface area (Å²) in [5, 5.41) is 14.4. The summed E-state index contributed by atoms with van der Waals surface area (Å²) in [6.07, 6.45) is 4.68. The van der Waals surface area contributed by atoms with Gasteiger partial charge in [0.1, 0.15) is 5.60 Å². The van der Waals surface area contributed by atoms with Crippen LogP contribution in [0.3, 0.4) is 0 Å². The number of imidazole rings is 1. The minimum Gasteiger partial charge on any atom is -0.443 e. The van der Waals surface area contributed by atoms with Crippen LogP contribution in [0, 0.1) is 12.7 Å². The van der Waals surface area contributed by atoms with Gasteiger partial charge in [-0.3, -0.25) is 9.89 Å². The number of rotatable bonds is 5. The predicted octanol–water partition coefficient (Wildman–Crippen LogP) is 4.20. The molecular weight excluding hydrogens is 503 g/mol. The number of nitrogens with zero attached hydrogens (tertiary/aromatic N) is 6. The van der Waals surface area contributed by atoms with Crippen LogP contribution < -0.4 is 10.2 Å². The van der Waals surface area contributed by atoms with Gasteiger partial charge in [-0.1, -0.05) is 0 Å². The summed E-state index contributed by atoms with van der Waals surface area (Å²) < 4.78 is 21.6. The van der Waals surface area contributed by atoms with Crippen molar-refractivity contribution in [2.75, 3.05) is 42.9 Å². The minimum atomic E-state index is -0.563. The van der Waals surface area contributed by atoms with Crippen molar-refractivity contribution >= 4 is 39.9 Å². The number of halogens is 1. The zero-order valence-electron chi connectivity index (χ0n) is 22.8. The van der Waals surface area contributed by atoms with Gasteiger partial charge in [0.25, 0.3) is 5.91 Å². The lowest BCUT2D eigenvalue weighted by atomic mass is 10.1. The number of piperazine rings is 1. The average molecular weight is 537 g/mol. The van der Waals surface area contributed by atoms with E-state index < -0.39 is 11.4 Å². The molecule has 0 bridgehead atoms. The maximum Gasteiger partial charge on any atom is 0.424 e. The third kappa shape index (κ3) is 5.37. The third-order valence-electron chi connectivity index (χ3n) is 6.56. The molecule has 11 nitrogen and oxygen atoms in total. The fraction of sp³-hybridized carbons (Fsp3) is 0.407. The van der Waals surface area contributed by atoms with Crippen LogP contribution in [0.25, 0.3) is 16.6 Å². The van der Waals surface area contributed by atoms with Crippen LogP contribution in [0.15, 0.2) is 36.8 Å². The normalized spacial score (nSPS) is 14.7. The highest BCUT2D eigenvalue weighted by atomic mass is 19.1. The van der Waals surface area contributed by atoms with Crippen molar-refractivity contribution in [3.63, 3.8) is 0 Å². The quantitative estimate of drug-likeness (QED) is 0.393. The van der Waals surface area contributed by atoms with Crippen molar-refractivity contribution in [1.29, 1.82) is 0 Å². The van der Waals surface area contributed by atoms with Gasteiger partial charge in [0, 0.05) is 62.3 Å². The number of aryl methyl sites for hydroxylation is 1. The number of pyridine rings is 1. The van der Waals surface area contributed by atoms with Gasteiger partial charge in [0.05, 0.1) is 28.7 Å².